The number of aromatic nitrogens is 4. The van der Waals surface area contributed by atoms with Crippen LogP contribution < -0.4 is 5.73 Å². The van der Waals surface area contributed by atoms with Crippen LogP contribution in [0.15, 0.2) is 53.5 Å². The molecule has 1 aromatic carbocycles. The number of likely N-dealkylation sites (N-methyl/N-ethyl adjacent to an activating group) is 1. The standard InChI is InChI=1S/C27H32N8/c1-4-33-18-27(19-33,12-14-28)30-15-13-26(3,29)24-16-23-22(10-11-25-32-31-20(2)35(23)25)34(24)17-21-8-6-5-7-9-21/h5-11,15-16H,4,12-13,17-19,29H2,1-3H3. The average Bonchev–Trinajstić information content (AvgIpc) is 3.38. The lowest BCUT2D eigenvalue weighted by molar-refractivity contribution is 0.0821. The first-order chi connectivity index (χ1) is 16.9. The maximum absolute atomic E-state index is 9.33. The second-order valence-corrected chi connectivity index (χ2v) is 9.94. The van der Waals surface area contributed by atoms with Crippen molar-refractivity contribution < 1.29 is 0 Å². The smallest absolute Gasteiger partial charge is 0.161 e. The summed E-state index contributed by atoms with van der Waals surface area (Å²) in [6.07, 6.45) is 2.94. The van der Waals surface area contributed by atoms with Gasteiger partial charge in [0.05, 0.1) is 34.6 Å². The molecule has 0 aliphatic carbocycles. The molecule has 1 aliphatic rings. The van der Waals surface area contributed by atoms with Crippen LogP contribution in [0.4, 0.5) is 0 Å². The van der Waals surface area contributed by atoms with E-state index in [1.807, 2.05) is 25.3 Å². The zero-order valence-electron chi connectivity index (χ0n) is 20.6. The van der Waals surface area contributed by atoms with Gasteiger partial charge >= 0.3 is 0 Å². The molecule has 35 heavy (non-hydrogen) atoms. The fourth-order valence-electron chi connectivity index (χ4n) is 5.18. The molecule has 4 aromatic rings. The molecule has 5 rings (SSSR count). The van der Waals surface area contributed by atoms with E-state index in [-0.39, 0.29) is 5.54 Å². The van der Waals surface area contributed by atoms with Crippen molar-refractivity contribution in [3.63, 3.8) is 0 Å². The van der Waals surface area contributed by atoms with Gasteiger partial charge in [-0.25, -0.2) is 0 Å². The lowest BCUT2D eigenvalue weighted by Crippen LogP contribution is -2.60. The maximum Gasteiger partial charge on any atom is 0.161 e. The fourth-order valence-corrected chi connectivity index (χ4v) is 5.18. The summed E-state index contributed by atoms with van der Waals surface area (Å²) in [5.41, 5.74) is 11.2. The number of fused-ring (bicyclic) bond motifs is 3. The quantitative estimate of drug-likeness (QED) is 0.398. The molecule has 8 nitrogen and oxygen atoms in total. The van der Waals surface area contributed by atoms with Crippen LogP contribution in [0.25, 0.3) is 16.7 Å². The molecule has 0 amide bonds. The first-order valence-electron chi connectivity index (χ1n) is 12.2. The van der Waals surface area contributed by atoms with E-state index in [1.165, 1.54) is 5.56 Å². The molecule has 1 unspecified atom stereocenters. The number of nitriles is 1. The summed E-state index contributed by atoms with van der Waals surface area (Å²) in [4.78, 5) is 7.19. The number of aliphatic imine (C=N–C) groups is 1. The molecule has 0 spiro atoms. The Balaban J connectivity index is 1.53. The summed E-state index contributed by atoms with van der Waals surface area (Å²) in [5.74, 6) is 0.846. The van der Waals surface area contributed by atoms with Crippen LogP contribution in [0.1, 0.15) is 43.8 Å². The summed E-state index contributed by atoms with van der Waals surface area (Å²) in [5, 5.41) is 17.9. The normalized spacial score (nSPS) is 17.6. The first-order valence-corrected chi connectivity index (χ1v) is 12.2. The molecule has 2 N–H and O–H groups in total. The molecule has 4 heterocycles. The highest BCUT2D eigenvalue weighted by Crippen LogP contribution is 2.32. The van der Waals surface area contributed by atoms with E-state index in [2.05, 4.69) is 80.4 Å². The Morgan fingerprint density at radius 3 is 2.66 bits per heavy atom. The van der Waals surface area contributed by atoms with Gasteiger partial charge in [0.25, 0.3) is 0 Å². The summed E-state index contributed by atoms with van der Waals surface area (Å²) in [7, 11) is 0. The van der Waals surface area contributed by atoms with Crippen molar-refractivity contribution in [2.45, 2.75) is 51.2 Å². The maximum atomic E-state index is 9.33. The number of rotatable bonds is 8. The number of likely N-dealkylation sites (tertiary alicyclic amines) is 1. The van der Waals surface area contributed by atoms with E-state index >= 15 is 0 Å². The van der Waals surface area contributed by atoms with Gasteiger partial charge in [0.15, 0.2) is 5.65 Å². The minimum absolute atomic E-state index is 0.302. The molecule has 1 fully saturated rings. The van der Waals surface area contributed by atoms with Crippen molar-refractivity contribution in [3.05, 3.63) is 65.6 Å². The van der Waals surface area contributed by atoms with Crippen LogP contribution in [0, 0.1) is 18.3 Å². The third-order valence-electron chi connectivity index (χ3n) is 7.14. The number of benzene rings is 1. The first kappa shape index (κ1) is 23.2. The van der Waals surface area contributed by atoms with E-state index in [1.54, 1.807) is 0 Å². The lowest BCUT2D eigenvalue weighted by atomic mass is 9.87. The lowest BCUT2D eigenvalue weighted by Gasteiger charge is -2.46. The van der Waals surface area contributed by atoms with Gasteiger partial charge in [-0.2, -0.15) is 5.26 Å². The van der Waals surface area contributed by atoms with Crippen LogP contribution in [-0.2, 0) is 12.1 Å². The largest absolute Gasteiger partial charge is 0.337 e. The predicted molar refractivity (Wildman–Crippen MR) is 138 cm³/mol. The van der Waals surface area contributed by atoms with Crippen LogP contribution in [0.3, 0.4) is 0 Å². The van der Waals surface area contributed by atoms with Crippen molar-refractivity contribution in [1.29, 1.82) is 5.26 Å². The van der Waals surface area contributed by atoms with Crippen LogP contribution in [-0.4, -0.2) is 55.5 Å². The van der Waals surface area contributed by atoms with Gasteiger partial charge < -0.3 is 10.3 Å². The molecule has 0 radical (unpaired) electrons. The molecule has 180 valence electrons. The van der Waals surface area contributed by atoms with Gasteiger partial charge in [-0.1, -0.05) is 37.3 Å². The molecule has 8 heteroatoms. The monoisotopic (exact) mass is 468 g/mol. The predicted octanol–water partition coefficient (Wildman–Crippen LogP) is 3.66. The summed E-state index contributed by atoms with van der Waals surface area (Å²) in [6, 6.07) is 19.0. The van der Waals surface area contributed by atoms with Crippen molar-refractivity contribution in [1.82, 2.24) is 24.1 Å². The summed E-state index contributed by atoms with van der Waals surface area (Å²) < 4.78 is 4.38. The molecule has 1 aliphatic heterocycles. The van der Waals surface area contributed by atoms with E-state index in [0.717, 1.165) is 47.8 Å². The molecule has 1 saturated heterocycles. The Morgan fingerprint density at radius 2 is 1.94 bits per heavy atom. The molecule has 3 aromatic heterocycles. The Kier molecular flexibility index (Phi) is 5.91. The minimum Gasteiger partial charge on any atom is -0.337 e. The SMILES string of the molecule is CCN1CC(CC#N)(N=CCC(C)(N)c2cc3c(ccc4nnc(C)n43)n2Cc2ccccc2)C1. The Labute approximate surface area is 205 Å². The summed E-state index contributed by atoms with van der Waals surface area (Å²) >= 11 is 0. The average molecular weight is 469 g/mol. The van der Waals surface area contributed by atoms with Crippen molar-refractivity contribution in [2.24, 2.45) is 10.7 Å². The fraction of sp³-hybridized carbons (Fsp3) is 0.407. The Morgan fingerprint density at radius 1 is 1.17 bits per heavy atom. The van der Waals surface area contributed by atoms with E-state index < -0.39 is 5.54 Å². The second kappa shape index (κ2) is 8.91. The second-order valence-electron chi connectivity index (χ2n) is 9.94. The van der Waals surface area contributed by atoms with Gasteiger partial charge in [-0.3, -0.25) is 14.3 Å². The molecule has 0 bridgehead atoms. The molecule has 0 saturated carbocycles. The summed E-state index contributed by atoms with van der Waals surface area (Å²) in [6.45, 7) is 9.50. The van der Waals surface area contributed by atoms with E-state index in [0.29, 0.717) is 19.4 Å². The number of nitrogens with zero attached hydrogens (tertiary/aromatic N) is 7. The molecular formula is C27H32N8. The van der Waals surface area contributed by atoms with Crippen LogP contribution >= 0.6 is 0 Å². The number of nitrogens with two attached hydrogens (primary N) is 1. The van der Waals surface area contributed by atoms with Gasteiger partial charge in [0.2, 0.25) is 0 Å². The number of hydrogen-bond acceptors (Lipinski definition) is 6. The van der Waals surface area contributed by atoms with Gasteiger partial charge in [-0.05, 0) is 44.2 Å². The number of pyridine rings is 1. The third kappa shape index (κ3) is 4.22. The number of aryl methyl sites for hydroxylation is 1. The van der Waals surface area contributed by atoms with Crippen molar-refractivity contribution in [3.8, 4) is 6.07 Å². The Bertz CT molecular complexity index is 1410. The van der Waals surface area contributed by atoms with Gasteiger partial charge in [-0.15, -0.1) is 10.2 Å². The highest BCUT2D eigenvalue weighted by atomic mass is 15.3. The van der Waals surface area contributed by atoms with E-state index in [4.69, 9.17) is 10.7 Å². The topological polar surface area (TPSA) is 101 Å². The van der Waals surface area contributed by atoms with Crippen LogP contribution in [0.5, 0.6) is 0 Å². The minimum atomic E-state index is -0.659. The zero-order valence-corrected chi connectivity index (χ0v) is 20.6. The molecule has 1 atom stereocenters. The third-order valence-corrected chi connectivity index (χ3v) is 7.14. The zero-order chi connectivity index (χ0) is 24.6. The Hall–Kier alpha value is -3.54. The van der Waals surface area contributed by atoms with E-state index in [9.17, 15) is 5.26 Å². The highest BCUT2D eigenvalue weighted by molar-refractivity contribution is 5.82. The van der Waals surface area contributed by atoms with Crippen LogP contribution in [0.2, 0.25) is 0 Å². The highest BCUT2D eigenvalue weighted by Gasteiger charge is 2.41. The van der Waals surface area contributed by atoms with Crippen molar-refractivity contribution >= 4 is 22.9 Å². The molecular weight excluding hydrogens is 436 g/mol. The van der Waals surface area contributed by atoms with Gasteiger partial charge in [0.1, 0.15) is 5.82 Å². The number of hydrogen-bond donors (Lipinski definition) is 1. The van der Waals surface area contributed by atoms with Gasteiger partial charge in [0, 0.05) is 38.0 Å². The van der Waals surface area contributed by atoms with Crippen molar-refractivity contribution in [2.75, 3.05) is 19.6 Å².